The largest absolute Gasteiger partial charge is 0.494 e. The molecule has 1 aliphatic rings. The molecule has 3 heterocycles. The molecule has 7 nitrogen and oxygen atoms in total. The molecule has 0 radical (unpaired) electrons. The zero-order valence-electron chi connectivity index (χ0n) is 19.6. The molecule has 0 aliphatic carbocycles. The van der Waals surface area contributed by atoms with Gasteiger partial charge in [0, 0.05) is 38.0 Å². The van der Waals surface area contributed by atoms with Gasteiger partial charge in [-0.25, -0.2) is 9.97 Å². The van der Waals surface area contributed by atoms with Gasteiger partial charge in [0.1, 0.15) is 23.5 Å². The van der Waals surface area contributed by atoms with Crippen LogP contribution in [0, 0.1) is 6.92 Å². The highest BCUT2D eigenvalue weighted by Gasteiger charge is 2.24. The first-order chi connectivity index (χ1) is 16.1. The maximum atomic E-state index is 6.10. The third-order valence-electron chi connectivity index (χ3n) is 5.53. The van der Waals surface area contributed by atoms with Crippen LogP contribution >= 0.6 is 0 Å². The average Bonchev–Trinajstić information content (AvgIpc) is 2.81. The molecule has 0 saturated carbocycles. The Morgan fingerprint density at radius 1 is 1.09 bits per heavy atom. The fourth-order valence-electron chi connectivity index (χ4n) is 4.02. The Balaban J connectivity index is 1.46. The summed E-state index contributed by atoms with van der Waals surface area (Å²) in [5.74, 6) is 2.47. The van der Waals surface area contributed by atoms with Gasteiger partial charge in [0.15, 0.2) is 0 Å². The summed E-state index contributed by atoms with van der Waals surface area (Å²) < 4.78 is 17.3. The van der Waals surface area contributed by atoms with Crippen LogP contribution in [0.4, 0.5) is 11.6 Å². The topological polar surface area (TPSA) is 68.7 Å². The number of hydrogen-bond acceptors (Lipinski definition) is 7. The summed E-state index contributed by atoms with van der Waals surface area (Å²) >= 11 is 0. The third kappa shape index (κ3) is 6.28. The van der Waals surface area contributed by atoms with Crippen LogP contribution in [-0.4, -0.2) is 48.3 Å². The summed E-state index contributed by atoms with van der Waals surface area (Å²) in [5, 5.41) is 3.30. The van der Waals surface area contributed by atoms with Gasteiger partial charge >= 0.3 is 0 Å². The summed E-state index contributed by atoms with van der Waals surface area (Å²) in [5.41, 5.74) is 4.19. The molecule has 1 N–H and O–H groups in total. The number of nitrogens with zero attached hydrogens (tertiary/aromatic N) is 3. The number of nitrogens with one attached hydrogen (secondary N) is 1. The molecule has 1 fully saturated rings. The minimum Gasteiger partial charge on any atom is -0.494 e. The first-order valence-electron chi connectivity index (χ1n) is 11.4. The minimum atomic E-state index is -0.0938. The maximum absolute atomic E-state index is 6.10. The SMILES string of the molecule is CCOc1ccc(COC)cc1CN1CCO[C@H](c2cccc(Nc3cccc(C)n3)n2)C1. The van der Waals surface area contributed by atoms with E-state index in [0.29, 0.717) is 19.8 Å². The van der Waals surface area contributed by atoms with E-state index < -0.39 is 0 Å². The maximum Gasteiger partial charge on any atom is 0.131 e. The lowest BCUT2D eigenvalue weighted by molar-refractivity contribution is -0.0351. The van der Waals surface area contributed by atoms with Gasteiger partial charge < -0.3 is 19.5 Å². The number of benzene rings is 1. The molecule has 1 aromatic carbocycles. The summed E-state index contributed by atoms with van der Waals surface area (Å²) in [7, 11) is 1.72. The predicted molar refractivity (Wildman–Crippen MR) is 129 cm³/mol. The van der Waals surface area contributed by atoms with Crippen molar-refractivity contribution in [3.05, 3.63) is 77.1 Å². The lowest BCUT2D eigenvalue weighted by atomic mass is 10.1. The summed E-state index contributed by atoms with van der Waals surface area (Å²) in [4.78, 5) is 11.7. The highest BCUT2D eigenvalue weighted by molar-refractivity contribution is 5.51. The zero-order chi connectivity index (χ0) is 23.0. The van der Waals surface area contributed by atoms with Gasteiger partial charge in [-0.05, 0) is 55.8 Å². The Bertz CT molecular complexity index is 1060. The second-order valence-electron chi connectivity index (χ2n) is 8.14. The van der Waals surface area contributed by atoms with E-state index in [1.165, 1.54) is 5.56 Å². The number of anilines is 2. The molecule has 1 aliphatic heterocycles. The van der Waals surface area contributed by atoms with E-state index in [1.54, 1.807) is 7.11 Å². The van der Waals surface area contributed by atoms with Crippen LogP contribution in [0.1, 0.15) is 35.5 Å². The predicted octanol–water partition coefficient (Wildman–Crippen LogP) is 4.65. The average molecular weight is 449 g/mol. The van der Waals surface area contributed by atoms with E-state index in [2.05, 4.69) is 27.3 Å². The zero-order valence-corrected chi connectivity index (χ0v) is 19.6. The van der Waals surface area contributed by atoms with Crippen molar-refractivity contribution in [2.24, 2.45) is 0 Å². The van der Waals surface area contributed by atoms with E-state index in [4.69, 9.17) is 19.2 Å². The Morgan fingerprint density at radius 3 is 2.70 bits per heavy atom. The quantitative estimate of drug-likeness (QED) is 0.511. The molecule has 4 rings (SSSR count). The van der Waals surface area contributed by atoms with E-state index in [-0.39, 0.29) is 6.10 Å². The number of aromatic nitrogens is 2. The summed E-state index contributed by atoms with van der Waals surface area (Å²) in [6.45, 7) is 8.29. The molecular weight excluding hydrogens is 416 g/mol. The van der Waals surface area contributed by atoms with Crippen LogP contribution in [0.15, 0.2) is 54.6 Å². The van der Waals surface area contributed by atoms with Gasteiger partial charge in [0.2, 0.25) is 0 Å². The van der Waals surface area contributed by atoms with E-state index >= 15 is 0 Å². The van der Waals surface area contributed by atoms with Crippen LogP contribution in [0.5, 0.6) is 5.75 Å². The van der Waals surface area contributed by atoms with Crippen molar-refractivity contribution in [3.8, 4) is 5.75 Å². The Hall–Kier alpha value is -3.00. The molecule has 33 heavy (non-hydrogen) atoms. The number of rotatable bonds is 9. The number of aryl methyl sites for hydroxylation is 1. The highest BCUT2D eigenvalue weighted by Crippen LogP contribution is 2.27. The Kier molecular flexibility index (Phi) is 7.88. The number of morpholine rings is 1. The third-order valence-corrected chi connectivity index (χ3v) is 5.53. The van der Waals surface area contributed by atoms with Gasteiger partial charge in [-0.15, -0.1) is 0 Å². The first kappa shape index (κ1) is 23.2. The van der Waals surface area contributed by atoms with Crippen molar-refractivity contribution in [1.82, 2.24) is 14.9 Å². The fraction of sp³-hybridized carbons (Fsp3) is 0.385. The van der Waals surface area contributed by atoms with E-state index in [9.17, 15) is 0 Å². The smallest absolute Gasteiger partial charge is 0.131 e. The molecule has 1 atom stereocenters. The standard InChI is InChI=1S/C26H32N4O3/c1-4-32-23-12-11-20(18-31-3)15-21(23)16-30-13-14-33-24(17-30)22-8-6-10-26(28-22)29-25-9-5-7-19(2)27-25/h5-12,15,24H,4,13-14,16-18H2,1-3H3,(H,27,28,29)/t24-/m0/s1. The van der Waals surface area contributed by atoms with Crippen molar-refractivity contribution in [3.63, 3.8) is 0 Å². The van der Waals surface area contributed by atoms with Crippen LogP contribution in [0.2, 0.25) is 0 Å². The van der Waals surface area contributed by atoms with Gasteiger partial charge in [0.05, 0.1) is 25.5 Å². The van der Waals surface area contributed by atoms with E-state index in [0.717, 1.165) is 54.0 Å². The van der Waals surface area contributed by atoms with Crippen LogP contribution in [0.3, 0.4) is 0 Å². The lowest BCUT2D eigenvalue weighted by Crippen LogP contribution is -2.38. The lowest BCUT2D eigenvalue weighted by Gasteiger charge is -2.33. The van der Waals surface area contributed by atoms with Crippen molar-refractivity contribution in [2.45, 2.75) is 33.1 Å². The second kappa shape index (κ2) is 11.2. The molecule has 1 saturated heterocycles. The van der Waals surface area contributed by atoms with Gasteiger partial charge in [-0.1, -0.05) is 18.2 Å². The Morgan fingerprint density at radius 2 is 1.91 bits per heavy atom. The first-order valence-corrected chi connectivity index (χ1v) is 11.4. The molecule has 174 valence electrons. The van der Waals surface area contributed by atoms with Gasteiger partial charge in [0.25, 0.3) is 0 Å². The minimum absolute atomic E-state index is 0.0938. The summed E-state index contributed by atoms with van der Waals surface area (Å²) in [6, 6.07) is 18.1. The van der Waals surface area contributed by atoms with Gasteiger partial charge in [-0.3, -0.25) is 4.90 Å². The monoisotopic (exact) mass is 448 g/mol. The molecule has 0 amide bonds. The molecule has 2 aromatic heterocycles. The molecule has 0 unspecified atom stereocenters. The van der Waals surface area contributed by atoms with Crippen molar-refractivity contribution in [1.29, 1.82) is 0 Å². The van der Waals surface area contributed by atoms with Crippen LogP contribution in [0.25, 0.3) is 0 Å². The molecule has 0 spiro atoms. The normalized spacial score (nSPS) is 16.5. The van der Waals surface area contributed by atoms with Crippen LogP contribution in [-0.2, 0) is 22.6 Å². The molecule has 3 aromatic rings. The van der Waals surface area contributed by atoms with Crippen LogP contribution < -0.4 is 10.1 Å². The molecule has 7 heteroatoms. The van der Waals surface area contributed by atoms with Crippen molar-refractivity contribution < 1.29 is 14.2 Å². The van der Waals surface area contributed by atoms with Crippen molar-refractivity contribution >= 4 is 11.6 Å². The van der Waals surface area contributed by atoms with Crippen molar-refractivity contribution in [2.75, 3.05) is 38.7 Å². The number of methoxy groups -OCH3 is 1. The van der Waals surface area contributed by atoms with Gasteiger partial charge in [-0.2, -0.15) is 0 Å². The second-order valence-corrected chi connectivity index (χ2v) is 8.14. The van der Waals surface area contributed by atoms with E-state index in [1.807, 2.05) is 56.3 Å². The Labute approximate surface area is 195 Å². The highest BCUT2D eigenvalue weighted by atomic mass is 16.5. The number of hydrogen-bond donors (Lipinski definition) is 1. The number of ether oxygens (including phenoxy) is 3. The summed E-state index contributed by atoms with van der Waals surface area (Å²) in [6.07, 6.45) is -0.0938. The number of pyridine rings is 2. The fourth-order valence-corrected chi connectivity index (χ4v) is 4.02. The molecule has 0 bridgehead atoms. The molecular formula is C26H32N4O3.